The summed E-state index contributed by atoms with van der Waals surface area (Å²) in [6.07, 6.45) is 6.03. The number of benzene rings is 1. The molecule has 1 spiro atoms. The second-order valence-corrected chi connectivity index (χ2v) is 9.18. The molecule has 1 saturated carbocycles. The van der Waals surface area contributed by atoms with Crippen LogP contribution in [-0.2, 0) is 11.8 Å². The van der Waals surface area contributed by atoms with Crippen LogP contribution in [0.1, 0.15) is 54.6 Å². The highest BCUT2D eigenvalue weighted by Crippen LogP contribution is 2.42. The van der Waals surface area contributed by atoms with Crippen LogP contribution in [0.15, 0.2) is 24.3 Å². The maximum absolute atomic E-state index is 13.4. The lowest BCUT2D eigenvalue weighted by atomic mass is 9.73. The summed E-state index contributed by atoms with van der Waals surface area (Å²) in [5.41, 5.74) is 3.19. The molecule has 3 fully saturated rings. The van der Waals surface area contributed by atoms with Crippen molar-refractivity contribution in [3.05, 3.63) is 35.5 Å². The molecular formula is C23H29N3O2. The SMILES string of the molecule is Cc1cccc2cc(C(=O)N3CCCC4(CCC(=O)N(C5CC5)C4)C3)n(C)c12. The molecule has 1 unspecified atom stereocenters. The second kappa shape index (κ2) is 6.36. The Morgan fingerprint density at radius 3 is 2.75 bits per heavy atom. The van der Waals surface area contributed by atoms with Crippen molar-refractivity contribution < 1.29 is 9.59 Å². The number of para-hydroxylation sites is 1. The van der Waals surface area contributed by atoms with Crippen LogP contribution in [0.25, 0.3) is 10.9 Å². The smallest absolute Gasteiger partial charge is 0.270 e. The standard InChI is InChI=1S/C23H29N3O2/c1-16-5-3-6-17-13-19(24(2)21(16)17)22(28)25-12-4-10-23(14-25)11-9-20(27)26(15-23)18-7-8-18/h3,5-6,13,18H,4,7-12,14-15H2,1-2H3. The van der Waals surface area contributed by atoms with Crippen LogP contribution in [0.3, 0.4) is 0 Å². The van der Waals surface area contributed by atoms with Crippen LogP contribution in [0, 0.1) is 12.3 Å². The molecule has 2 saturated heterocycles. The van der Waals surface area contributed by atoms with E-state index in [9.17, 15) is 9.59 Å². The molecule has 1 aliphatic carbocycles. The third kappa shape index (κ3) is 2.83. The van der Waals surface area contributed by atoms with Gasteiger partial charge in [-0.1, -0.05) is 18.2 Å². The highest BCUT2D eigenvalue weighted by atomic mass is 16.2. The Bertz CT molecular complexity index is 958. The molecule has 28 heavy (non-hydrogen) atoms. The molecule has 2 aromatic rings. The molecule has 1 aromatic heterocycles. The topological polar surface area (TPSA) is 45.6 Å². The Balaban J connectivity index is 1.41. The van der Waals surface area contributed by atoms with Crippen molar-refractivity contribution in [3.63, 3.8) is 0 Å². The average molecular weight is 380 g/mol. The van der Waals surface area contributed by atoms with Crippen LogP contribution >= 0.6 is 0 Å². The van der Waals surface area contributed by atoms with Crippen LogP contribution in [0.2, 0.25) is 0 Å². The van der Waals surface area contributed by atoms with Gasteiger partial charge < -0.3 is 14.4 Å². The minimum Gasteiger partial charge on any atom is -0.339 e. The number of likely N-dealkylation sites (tertiary alicyclic amines) is 2. The van der Waals surface area contributed by atoms with Crippen molar-refractivity contribution in [3.8, 4) is 0 Å². The molecule has 2 amide bonds. The van der Waals surface area contributed by atoms with E-state index >= 15 is 0 Å². The summed E-state index contributed by atoms with van der Waals surface area (Å²) in [5.74, 6) is 0.452. The minimum atomic E-state index is 0.0882. The summed E-state index contributed by atoms with van der Waals surface area (Å²) >= 11 is 0. The Morgan fingerprint density at radius 2 is 2.00 bits per heavy atom. The van der Waals surface area contributed by atoms with Gasteiger partial charge in [0.05, 0.1) is 5.52 Å². The number of nitrogens with zero attached hydrogens (tertiary/aromatic N) is 3. The number of aryl methyl sites for hydroxylation is 2. The molecule has 3 aliphatic rings. The lowest BCUT2D eigenvalue weighted by molar-refractivity contribution is -0.139. The quantitative estimate of drug-likeness (QED) is 0.802. The predicted molar refractivity (Wildman–Crippen MR) is 109 cm³/mol. The lowest BCUT2D eigenvalue weighted by Gasteiger charge is -2.48. The number of fused-ring (bicyclic) bond motifs is 1. The van der Waals surface area contributed by atoms with Crippen LogP contribution < -0.4 is 0 Å². The molecule has 5 nitrogen and oxygen atoms in total. The van der Waals surface area contributed by atoms with Crippen molar-refractivity contribution in [1.82, 2.24) is 14.4 Å². The number of amides is 2. The summed E-state index contributed by atoms with van der Waals surface area (Å²) in [7, 11) is 2.00. The Kier molecular flexibility index (Phi) is 4.04. The van der Waals surface area contributed by atoms with Gasteiger partial charge in [0.15, 0.2) is 0 Å². The van der Waals surface area contributed by atoms with E-state index in [1.54, 1.807) is 0 Å². The molecule has 0 bridgehead atoms. The Labute approximate surface area is 166 Å². The fourth-order valence-electron chi connectivity index (χ4n) is 5.47. The summed E-state index contributed by atoms with van der Waals surface area (Å²) in [4.78, 5) is 30.0. The van der Waals surface area contributed by atoms with Gasteiger partial charge >= 0.3 is 0 Å². The summed E-state index contributed by atoms with van der Waals surface area (Å²) in [6, 6.07) is 8.73. The zero-order valence-electron chi connectivity index (χ0n) is 16.9. The summed E-state index contributed by atoms with van der Waals surface area (Å²) in [6.45, 7) is 4.54. The fraction of sp³-hybridized carbons (Fsp3) is 0.565. The molecular weight excluding hydrogens is 350 g/mol. The zero-order valence-corrected chi connectivity index (χ0v) is 16.9. The molecule has 1 aromatic carbocycles. The summed E-state index contributed by atoms with van der Waals surface area (Å²) < 4.78 is 2.05. The maximum atomic E-state index is 13.4. The van der Waals surface area contributed by atoms with Gasteiger partial charge in [0.1, 0.15) is 5.69 Å². The van der Waals surface area contributed by atoms with Crippen molar-refractivity contribution in [2.24, 2.45) is 12.5 Å². The van der Waals surface area contributed by atoms with E-state index in [1.165, 1.54) is 5.56 Å². The highest BCUT2D eigenvalue weighted by molar-refractivity contribution is 5.99. The molecule has 5 rings (SSSR count). The number of carbonyl (C=O) groups excluding carboxylic acids is 2. The average Bonchev–Trinajstić information content (AvgIpc) is 3.47. The van der Waals surface area contributed by atoms with Gasteiger partial charge in [-0.25, -0.2) is 0 Å². The van der Waals surface area contributed by atoms with Crippen molar-refractivity contribution in [1.29, 1.82) is 0 Å². The Hall–Kier alpha value is -2.30. The van der Waals surface area contributed by atoms with Crippen LogP contribution in [-0.4, -0.2) is 51.9 Å². The molecule has 0 radical (unpaired) electrons. The van der Waals surface area contributed by atoms with E-state index < -0.39 is 0 Å². The minimum absolute atomic E-state index is 0.0882. The first-order valence-corrected chi connectivity index (χ1v) is 10.6. The van der Waals surface area contributed by atoms with Gasteiger partial charge in [-0.05, 0) is 50.7 Å². The van der Waals surface area contributed by atoms with Gasteiger partial charge in [0.2, 0.25) is 5.91 Å². The van der Waals surface area contributed by atoms with Crippen LogP contribution in [0.4, 0.5) is 0 Å². The third-order valence-electron chi connectivity index (χ3n) is 7.11. The largest absolute Gasteiger partial charge is 0.339 e. The molecule has 148 valence electrons. The molecule has 2 aliphatic heterocycles. The number of carbonyl (C=O) groups is 2. The number of hydrogen-bond acceptors (Lipinski definition) is 2. The third-order valence-corrected chi connectivity index (χ3v) is 7.11. The predicted octanol–water partition coefficient (Wildman–Crippen LogP) is 3.49. The van der Waals surface area contributed by atoms with Crippen LogP contribution in [0.5, 0.6) is 0 Å². The first kappa shape index (κ1) is 17.8. The molecule has 5 heteroatoms. The molecule has 1 atom stereocenters. The fourth-order valence-corrected chi connectivity index (χ4v) is 5.47. The van der Waals surface area contributed by atoms with E-state index in [0.29, 0.717) is 18.4 Å². The van der Waals surface area contributed by atoms with E-state index in [1.807, 2.05) is 24.1 Å². The van der Waals surface area contributed by atoms with Crippen molar-refractivity contribution in [2.45, 2.75) is 51.5 Å². The van der Waals surface area contributed by atoms with Gasteiger partial charge in [-0.3, -0.25) is 9.59 Å². The van der Waals surface area contributed by atoms with Gasteiger partial charge in [-0.2, -0.15) is 0 Å². The number of rotatable bonds is 2. The zero-order chi connectivity index (χ0) is 19.5. The van der Waals surface area contributed by atoms with E-state index in [2.05, 4.69) is 28.5 Å². The van der Waals surface area contributed by atoms with Crippen molar-refractivity contribution >= 4 is 22.7 Å². The van der Waals surface area contributed by atoms with Gasteiger partial charge in [-0.15, -0.1) is 0 Å². The summed E-state index contributed by atoms with van der Waals surface area (Å²) in [5, 5.41) is 1.13. The first-order chi connectivity index (χ1) is 13.5. The molecule has 3 heterocycles. The van der Waals surface area contributed by atoms with Gasteiger partial charge in [0.25, 0.3) is 5.91 Å². The monoisotopic (exact) mass is 379 g/mol. The number of aromatic nitrogens is 1. The van der Waals surface area contributed by atoms with E-state index in [0.717, 1.165) is 68.3 Å². The normalized spacial score (nSPS) is 25.7. The maximum Gasteiger partial charge on any atom is 0.270 e. The van der Waals surface area contributed by atoms with Crippen molar-refractivity contribution in [2.75, 3.05) is 19.6 Å². The number of piperidine rings is 2. The molecule has 0 N–H and O–H groups in total. The first-order valence-electron chi connectivity index (χ1n) is 10.6. The second-order valence-electron chi connectivity index (χ2n) is 9.18. The van der Waals surface area contributed by atoms with E-state index in [4.69, 9.17) is 0 Å². The highest BCUT2D eigenvalue weighted by Gasteiger charge is 2.46. The number of hydrogen-bond donors (Lipinski definition) is 0. The lowest BCUT2D eigenvalue weighted by Crippen LogP contribution is -2.55. The Morgan fingerprint density at radius 1 is 1.18 bits per heavy atom. The van der Waals surface area contributed by atoms with E-state index in [-0.39, 0.29) is 11.3 Å². The van der Waals surface area contributed by atoms with Gasteiger partial charge in [0, 0.05) is 49.9 Å².